The van der Waals surface area contributed by atoms with Gasteiger partial charge in [-0.2, -0.15) is 9.78 Å². The van der Waals surface area contributed by atoms with Crippen molar-refractivity contribution in [3.8, 4) is 5.75 Å². The van der Waals surface area contributed by atoms with E-state index in [4.69, 9.17) is 4.74 Å². The van der Waals surface area contributed by atoms with E-state index in [1.54, 1.807) is 18.2 Å². The Kier molecular flexibility index (Phi) is 6.03. The second-order valence-electron chi connectivity index (χ2n) is 7.78. The van der Waals surface area contributed by atoms with Gasteiger partial charge in [0, 0.05) is 34.5 Å². The van der Waals surface area contributed by atoms with Crippen molar-refractivity contribution in [2.24, 2.45) is 5.10 Å². The Morgan fingerprint density at radius 2 is 1.97 bits per heavy atom. The second-order valence-corrected chi connectivity index (χ2v) is 8.70. The number of nitro benzene ring substituents is 1. The molecule has 0 N–H and O–H groups in total. The summed E-state index contributed by atoms with van der Waals surface area (Å²) in [7, 11) is 0. The smallest absolute Gasteiger partial charge is 0.308 e. The number of nitro groups is 1. The molecule has 0 fully saturated rings. The Bertz CT molecular complexity index is 1290. The van der Waals surface area contributed by atoms with E-state index in [-0.39, 0.29) is 17.0 Å². The zero-order valence-corrected chi connectivity index (χ0v) is 18.8. The molecule has 0 spiro atoms. The number of carbonyl (C=O) groups excluding carboxylic acids is 1. The molecule has 0 radical (unpaired) electrons. The Morgan fingerprint density at radius 3 is 2.58 bits per heavy atom. The van der Waals surface area contributed by atoms with E-state index in [0.717, 1.165) is 4.68 Å². The Balaban J connectivity index is 2.24. The maximum atomic E-state index is 13.2. The van der Waals surface area contributed by atoms with Crippen LogP contribution in [0.1, 0.15) is 39.1 Å². The zero-order valence-electron chi connectivity index (χ0n) is 17.2. The van der Waals surface area contributed by atoms with Crippen molar-refractivity contribution in [3.63, 3.8) is 0 Å². The third kappa shape index (κ3) is 4.85. The molecule has 3 aromatic rings. The lowest BCUT2D eigenvalue weighted by atomic mass is 9.95. The summed E-state index contributed by atoms with van der Waals surface area (Å²) < 4.78 is 6.99. The zero-order chi connectivity index (χ0) is 22.9. The first kappa shape index (κ1) is 22.3. The first-order valence-electron chi connectivity index (χ1n) is 9.21. The fourth-order valence-corrected chi connectivity index (χ4v) is 3.22. The number of halogens is 1. The summed E-state index contributed by atoms with van der Waals surface area (Å²) in [6, 6.07) is 8.93. The van der Waals surface area contributed by atoms with Gasteiger partial charge in [-0.3, -0.25) is 19.7 Å². The molecule has 0 atom stereocenters. The largest absolute Gasteiger partial charge is 0.426 e. The van der Waals surface area contributed by atoms with E-state index in [0.29, 0.717) is 21.2 Å². The maximum Gasteiger partial charge on any atom is 0.308 e. The first-order valence-corrected chi connectivity index (χ1v) is 10.0. The van der Waals surface area contributed by atoms with Crippen molar-refractivity contribution in [2.75, 3.05) is 0 Å². The van der Waals surface area contributed by atoms with E-state index in [2.05, 4.69) is 26.0 Å². The van der Waals surface area contributed by atoms with Gasteiger partial charge in [-0.25, -0.2) is 4.98 Å². The Hall–Kier alpha value is -3.40. The van der Waals surface area contributed by atoms with Crippen molar-refractivity contribution in [1.82, 2.24) is 9.66 Å². The number of hydrogen-bond donors (Lipinski definition) is 0. The highest BCUT2D eigenvalue weighted by Gasteiger charge is 2.23. The molecule has 0 unspecified atom stereocenters. The van der Waals surface area contributed by atoms with E-state index in [1.165, 1.54) is 31.3 Å². The quantitative estimate of drug-likeness (QED) is 0.179. The van der Waals surface area contributed by atoms with Gasteiger partial charge in [0.05, 0.1) is 22.0 Å². The molecule has 0 bridgehead atoms. The van der Waals surface area contributed by atoms with Crippen LogP contribution in [0.5, 0.6) is 5.75 Å². The number of ether oxygens (including phenoxy) is 1. The lowest BCUT2D eigenvalue weighted by molar-refractivity contribution is -0.384. The van der Waals surface area contributed by atoms with Gasteiger partial charge in [-0.05, 0) is 24.3 Å². The molecule has 0 aliphatic heterocycles. The normalized spacial score (nSPS) is 11.8. The number of fused-ring (bicyclic) bond motifs is 1. The summed E-state index contributed by atoms with van der Waals surface area (Å²) in [5, 5.41) is 15.8. The average molecular weight is 487 g/mol. The van der Waals surface area contributed by atoms with Crippen LogP contribution in [0.4, 0.5) is 5.69 Å². The number of rotatable bonds is 4. The van der Waals surface area contributed by atoms with Crippen LogP contribution >= 0.6 is 15.9 Å². The average Bonchev–Trinajstić information content (AvgIpc) is 2.67. The van der Waals surface area contributed by atoms with Crippen molar-refractivity contribution in [1.29, 1.82) is 0 Å². The second kappa shape index (κ2) is 8.38. The van der Waals surface area contributed by atoms with Gasteiger partial charge in [-0.15, -0.1) is 0 Å². The molecule has 0 aliphatic rings. The molecule has 1 heterocycles. The fraction of sp³-hybridized carbons (Fsp3) is 0.238. The van der Waals surface area contributed by atoms with Crippen LogP contribution in [-0.2, 0) is 10.2 Å². The van der Waals surface area contributed by atoms with Crippen molar-refractivity contribution in [2.45, 2.75) is 33.1 Å². The molecular formula is C21H19BrN4O5. The van der Waals surface area contributed by atoms with Crippen molar-refractivity contribution in [3.05, 3.63) is 72.7 Å². The number of esters is 1. The van der Waals surface area contributed by atoms with Gasteiger partial charge >= 0.3 is 5.97 Å². The minimum Gasteiger partial charge on any atom is -0.426 e. The molecule has 31 heavy (non-hydrogen) atoms. The van der Waals surface area contributed by atoms with E-state index in [1.807, 2.05) is 20.8 Å². The topological polar surface area (TPSA) is 117 Å². The summed E-state index contributed by atoms with van der Waals surface area (Å²) in [4.78, 5) is 39.8. The summed E-state index contributed by atoms with van der Waals surface area (Å²) in [6.45, 7) is 6.89. The molecule has 10 heteroatoms. The highest BCUT2D eigenvalue weighted by Crippen LogP contribution is 2.25. The molecular weight excluding hydrogens is 468 g/mol. The highest BCUT2D eigenvalue weighted by atomic mass is 79.9. The lowest BCUT2D eigenvalue weighted by Crippen LogP contribution is -2.29. The van der Waals surface area contributed by atoms with Crippen LogP contribution in [-0.4, -0.2) is 26.8 Å². The summed E-state index contributed by atoms with van der Waals surface area (Å²) in [5.41, 5.74) is -0.432. The highest BCUT2D eigenvalue weighted by molar-refractivity contribution is 9.10. The minimum absolute atomic E-state index is 0.0868. The van der Waals surface area contributed by atoms with E-state index < -0.39 is 21.9 Å². The number of hydrogen-bond acceptors (Lipinski definition) is 7. The van der Waals surface area contributed by atoms with Crippen LogP contribution in [0.15, 0.2) is 50.8 Å². The van der Waals surface area contributed by atoms with E-state index >= 15 is 0 Å². The van der Waals surface area contributed by atoms with E-state index in [9.17, 15) is 19.7 Å². The van der Waals surface area contributed by atoms with Gasteiger partial charge in [0.15, 0.2) is 0 Å². The summed E-state index contributed by atoms with van der Waals surface area (Å²) in [6.07, 6.45) is 1.24. The number of nitrogens with zero attached hydrogens (tertiary/aromatic N) is 4. The maximum absolute atomic E-state index is 13.2. The fourth-order valence-electron chi connectivity index (χ4n) is 2.86. The Labute approximate surface area is 185 Å². The lowest BCUT2D eigenvalue weighted by Gasteiger charge is -2.20. The molecule has 160 valence electrons. The molecule has 3 rings (SSSR count). The molecule has 0 aliphatic carbocycles. The minimum atomic E-state index is -0.590. The van der Waals surface area contributed by atoms with Crippen LogP contribution in [0.2, 0.25) is 0 Å². The number of carbonyl (C=O) groups is 1. The predicted octanol–water partition coefficient (Wildman–Crippen LogP) is 4.17. The van der Waals surface area contributed by atoms with Crippen LogP contribution < -0.4 is 10.3 Å². The van der Waals surface area contributed by atoms with Gasteiger partial charge < -0.3 is 4.74 Å². The summed E-state index contributed by atoms with van der Waals surface area (Å²) >= 11 is 3.35. The monoisotopic (exact) mass is 486 g/mol. The standard InChI is InChI=1S/C21H19BrN4O5/c1-12(27)31-18-8-6-15(26(29)30)9-13(18)11-23-25-19(28)16-10-14(22)5-7-17(16)24-20(25)21(2,3)4/h5-11H,1-4H3. The third-order valence-electron chi connectivity index (χ3n) is 4.25. The SMILES string of the molecule is CC(=O)Oc1ccc([N+](=O)[O-])cc1C=Nn1c(C(C)(C)C)nc2ccc(Br)cc2c1=O. The summed E-state index contributed by atoms with van der Waals surface area (Å²) in [5.74, 6) is -0.0972. The van der Waals surface area contributed by atoms with Gasteiger partial charge in [-0.1, -0.05) is 36.7 Å². The van der Waals surface area contributed by atoms with Crippen molar-refractivity contribution >= 4 is 44.7 Å². The van der Waals surface area contributed by atoms with Crippen LogP contribution in [0.25, 0.3) is 10.9 Å². The van der Waals surface area contributed by atoms with Crippen LogP contribution in [0, 0.1) is 10.1 Å². The molecule has 0 saturated carbocycles. The van der Waals surface area contributed by atoms with Gasteiger partial charge in [0.2, 0.25) is 0 Å². The third-order valence-corrected chi connectivity index (χ3v) is 4.74. The molecule has 0 saturated heterocycles. The number of aromatic nitrogens is 2. The molecule has 9 nitrogen and oxygen atoms in total. The predicted molar refractivity (Wildman–Crippen MR) is 120 cm³/mol. The molecule has 2 aromatic carbocycles. The number of non-ortho nitro benzene ring substituents is 1. The Morgan fingerprint density at radius 1 is 1.26 bits per heavy atom. The van der Waals surface area contributed by atoms with Crippen molar-refractivity contribution < 1.29 is 14.5 Å². The van der Waals surface area contributed by atoms with Gasteiger partial charge in [0.1, 0.15) is 11.6 Å². The van der Waals surface area contributed by atoms with Gasteiger partial charge in [0.25, 0.3) is 11.2 Å². The number of benzene rings is 2. The first-order chi connectivity index (χ1) is 14.5. The molecule has 1 aromatic heterocycles. The molecule has 0 amide bonds. The van der Waals surface area contributed by atoms with Crippen LogP contribution in [0.3, 0.4) is 0 Å².